The number of carbonyl (C=O) groups excluding carboxylic acids is 1. The molecule has 2 aromatic rings. The summed E-state index contributed by atoms with van der Waals surface area (Å²) in [4.78, 5) is 11.7. The third-order valence-electron chi connectivity index (χ3n) is 2.51. The monoisotopic (exact) mass is 246 g/mol. The Morgan fingerprint density at radius 2 is 2.24 bits per heavy atom. The van der Waals surface area contributed by atoms with Crippen molar-refractivity contribution in [2.75, 3.05) is 11.1 Å². The summed E-state index contributed by atoms with van der Waals surface area (Å²) in [6.45, 7) is 1.94. The summed E-state index contributed by atoms with van der Waals surface area (Å²) in [7, 11) is 0. The number of hydrogen-bond acceptors (Lipinski definition) is 3. The van der Waals surface area contributed by atoms with Crippen molar-refractivity contribution in [3.05, 3.63) is 46.2 Å². The molecule has 0 fully saturated rings. The smallest absolute Gasteiger partial charge is 0.228 e. The second kappa shape index (κ2) is 5.01. The zero-order valence-corrected chi connectivity index (χ0v) is 10.4. The number of rotatable bonds is 3. The Hall–Kier alpha value is -1.81. The summed E-state index contributed by atoms with van der Waals surface area (Å²) in [5, 5.41) is 6.77. The molecule has 1 heterocycles. The second-order valence-electron chi connectivity index (χ2n) is 3.93. The van der Waals surface area contributed by atoms with E-state index < -0.39 is 0 Å². The van der Waals surface area contributed by atoms with Crippen LogP contribution < -0.4 is 11.1 Å². The number of benzene rings is 1. The minimum atomic E-state index is -0.0216. The van der Waals surface area contributed by atoms with Gasteiger partial charge >= 0.3 is 0 Å². The number of thiophene rings is 1. The number of anilines is 2. The van der Waals surface area contributed by atoms with E-state index in [9.17, 15) is 4.79 Å². The fourth-order valence-corrected chi connectivity index (χ4v) is 2.17. The van der Waals surface area contributed by atoms with Crippen LogP contribution in [-0.2, 0) is 11.2 Å². The van der Waals surface area contributed by atoms with Crippen LogP contribution in [0.2, 0.25) is 0 Å². The second-order valence-corrected chi connectivity index (χ2v) is 4.71. The van der Waals surface area contributed by atoms with Gasteiger partial charge in [-0.05, 0) is 47.0 Å². The first-order chi connectivity index (χ1) is 8.15. The van der Waals surface area contributed by atoms with E-state index >= 15 is 0 Å². The Bertz CT molecular complexity index is 520. The lowest BCUT2D eigenvalue weighted by Gasteiger charge is -2.06. The highest BCUT2D eigenvalue weighted by Gasteiger charge is 2.05. The lowest BCUT2D eigenvalue weighted by Crippen LogP contribution is -2.14. The van der Waals surface area contributed by atoms with Gasteiger partial charge in [0.15, 0.2) is 0 Å². The number of amides is 1. The van der Waals surface area contributed by atoms with Crippen LogP contribution in [0.25, 0.3) is 0 Å². The van der Waals surface area contributed by atoms with E-state index in [4.69, 9.17) is 5.73 Å². The van der Waals surface area contributed by atoms with Gasteiger partial charge in [0.1, 0.15) is 0 Å². The molecule has 0 aliphatic rings. The molecule has 0 saturated carbocycles. The van der Waals surface area contributed by atoms with E-state index in [1.165, 1.54) is 0 Å². The van der Waals surface area contributed by atoms with E-state index in [1.54, 1.807) is 17.4 Å². The largest absolute Gasteiger partial charge is 0.398 e. The van der Waals surface area contributed by atoms with Crippen LogP contribution in [0.4, 0.5) is 11.4 Å². The average Bonchev–Trinajstić information content (AvgIpc) is 2.76. The molecule has 2 rings (SSSR count). The van der Waals surface area contributed by atoms with Crippen LogP contribution in [0.1, 0.15) is 11.1 Å². The number of nitrogens with one attached hydrogen (secondary N) is 1. The molecule has 1 aromatic carbocycles. The first-order valence-electron chi connectivity index (χ1n) is 5.32. The van der Waals surface area contributed by atoms with Gasteiger partial charge in [-0.15, -0.1) is 0 Å². The van der Waals surface area contributed by atoms with Gasteiger partial charge in [-0.1, -0.05) is 6.07 Å². The van der Waals surface area contributed by atoms with Crippen LogP contribution in [0.3, 0.4) is 0 Å². The third-order valence-corrected chi connectivity index (χ3v) is 3.24. The van der Waals surface area contributed by atoms with Gasteiger partial charge < -0.3 is 11.1 Å². The summed E-state index contributed by atoms with van der Waals surface area (Å²) in [6, 6.07) is 7.49. The SMILES string of the molecule is Cc1ccc(NC(=O)Cc2ccsc2)cc1N. The third kappa shape index (κ3) is 3.07. The molecule has 0 spiro atoms. The molecule has 0 saturated heterocycles. The zero-order valence-electron chi connectivity index (χ0n) is 9.57. The molecule has 0 radical (unpaired) electrons. The van der Waals surface area contributed by atoms with Crippen molar-refractivity contribution < 1.29 is 4.79 Å². The first kappa shape index (κ1) is 11.7. The molecule has 0 unspecified atom stereocenters. The van der Waals surface area contributed by atoms with Crippen LogP contribution in [0, 0.1) is 6.92 Å². The summed E-state index contributed by atoms with van der Waals surface area (Å²) >= 11 is 1.59. The molecule has 1 aromatic heterocycles. The molecular formula is C13H14N2OS. The minimum absolute atomic E-state index is 0.0216. The first-order valence-corrected chi connectivity index (χ1v) is 6.26. The van der Waals surface area contributed by atoms with Crippen molar-refractivity contribution in [2.45, 2.75) is 13.3 Å². The van der Waals surface area contributed by atoms with Crippen LogP contribution in [-0.4, -0.2) is 5.91 Å². The topological polar surface area (TPSA) is 55.1 Å². The molecular weight excluding hydrogens is 232 g/mol. The molecule has 0 aliphatic carbocycles. The Balaban J connectivity index is 2.00. The maximum absolute atomic E-state index is 11.7. The predicted molar refractivity (Wildman–Crippen MR) is 72.2 cm³/mol. The lowest BCUT2D eigenvalue weighted by atomic mass is 10.2. The summed E-state index contributed by atoms with van der Waals surface area (Å²) < 4.78 is 0. The highest BCUT2D eigenvalue weighted by molar-refractivity contribution is 7.08. The quantitative estimate of drug-likeness (QED) is 0.818. The molecule has 4 heteroatoms. The van der Waals surface area contributed by atoms with E-state index in [0.717, 1.165) is 16.8 Å². The highest BCUT2D eigenvalue weighted by Crippen LogP contribution is 2.17. The standard InChI is InChI=1S/C13H14N2OS/c1-9-2-3-11(7-12(9)14)15-13(16)6-10-4-5-17-8-10/h2-5,7-8H,6,14H2,1H3,(H,15,16). The van der Waals surface area contributed by atoms with E-state index in [0.29, 0.717) is 12.1 Å². The summed E-state index contributed by atoms with van der Waals surface area (Å²) in [6.07, 6.45) is 0.400. The number of nitrogens with two attached hydrogens (primary N) is 1. The maximum Gasteiger partial charge on any atom is 0.228 e. The van der Waals surface area contributed by atoms with Gasteiger partial charge in [0, 0.05) is 11.4 Å². The minimum Gasteiger partial charge on any atom is -0.398 e. The number of carbonyl (C=O) groups is 1. The molecule has 3 nitrogen and oxygen atoms in total. The molecule has 1 amide bonds. The molecule has 3 N–H and O–H groups in total. The Morgan fingerprint density at radius 1 is 1.41 bits per heavy atom. The van der Waals surface area contributed by atoms with Crippen molar-refractivity contribution in [3.63, 3.8) is 0 Å². The van der Waals surface area contributed by atoms with Gasteiger partial charge in [-0.3, -0.25) is 4.79 Å². The van der Waals surface area contributed by atoms with E-state index in [-0.39, 0.29) is 5.91 Å². The van der Waals surface area contributed by atoms with Gasteiger partial charge in [-0.25, -0.2) is 0 Å². The molecule has 88 valence electrons. The fraction of sp³-hybridized carbons (Fsp3) is 0.154. The number of nitrogen functional groups attached to an aromatic ring is 1. The average molecular weight is 246 g/mol. The normalized spacial score (nSPS) is 10.2. The van der Waals surface area contributed by atoms with Crippen LogP contribution in [0.5, 0.6) is 0 Å². The van der Waals surface area contributed by atoms with Crippen molar-refractivity contribution >= 4 is 28.6 Å². The van der Waals surface area contributed by atoms with E-state index in [1.807, 2.05) is 35.9 Å². The predicted octanol–water partition coefficient (Wildman–Crippen LogP) is 2.82. The number of hydrogen-bond donors (Lipinski definition) is 2. The Kier molecular flexibility index (Phi) is 3.44. The van der Waals surface area contributed by atoms with Crippen molar-refractivity contribution in [3.8, 4) is 0 Å². The van der Waals surface area contributed by atoms with Crippen molar-refractivity contribution in [1.82, 2.24) is 0 Å². The molecule has 17 heavy (non-hydrogen) atoms. The van der Waals surface area contributed by atoms with Gasteiger partial charge in [0.05, 0.1) is 6.42 Å². The zero-order chi connectivity index (χ0) is 12.3. The van der Waals surface area contributed by atoms with Crippen LogP contribution in [0.15, 0.2) is 35.0 Å². The highest BCUT2D eigenvalue weighted by atomic mass is 32.1. The van der Waals surface area contributed by atoms with Gasteiger partial charge in [0.2, 0.25) is 5.91 Å². The van der Waals surface area contributed by atoms with E-state index in [2.05, 4.69) is 5.32 Å². The van der Waals surface area contributed by atoms with Crippen molar-refractivity contribution in [2.24, 2.45) is 0 Å². The molecule has 0 bridgehead atoms. The number of aryl methyl sites for hydroxylation is 1. The fourth-order valence-electron chi connectivity index (χ4n) is 1.50. The molecule has 0 atom stereocenters. The Labute approximate surface area is 104 Å². The summed E-state index contributed by atoms with van der Waals surface area (Å²) in [5.41, 5.74) is 9.27. The summed E-state index contributed by atoms with van der Waals surface area (Å²) in [5.74, 6) is -0.0216. The van der Waals surface area contributed by atoms with Gasteiger partial charge in [-0.2, -0.15) is 11.3 Å². The lowest BCUT2D eigenvalue weighted by molar-refractivity contribution is -0.115. The van der Waals surface area contributed by atoms with Crippen LogP contribution >= 0.6 is 11.3 Å². The molecule has 0 aliphatic heterocycles. The van der Waals surface area contributed by atoms with Gasteiger partial charge in [0.25, 0.3) is 0 Å². The maximum atomic E-state index is 11.7. The Morgan fingerprint density at radius 3 is 2.88 bits per heavy atom. The van der Waals surface area contributed by atoms with Crippen molar-refractivity contribution in [1.29, 1.82) is 0 Å².